The molecule has 0 aliphatic carbocycles. The third kappa shape index (κ3) is 2.88. The van der Waals surface area contributed by atoms with Crippen molar-refractivity contribution in [1.29, 1.82) is 0 Å². The molecule has 17 heavy (non-hydrogen) atoms. The summed E-state index contributed by atoms with van der Waals surface area (Å²) in [6, 6.07) is 4.67. The average molecular weight is 236 g/mol. The second kappa shape index (κ2) is 5.05. The summed E-state index contributed by atoms with van der Waals surface area (Å²) in [5.74, 6) is -0.472. The number of nitrogens with two attached hydrogens (primary N) is 1. The normalized spacial score (nSPS) is 19.2. The van der Waals surface area contributed by atoms with Crippen molar-refractivity contribution in [2.75, 3.05) is 30.8 Å². The van der Waals surface area contributed by atoms with Crippen molar-refractivity contribution in [3.05, 3.63) is 23.8 Å². The van der Waals surface area contributed by atoms with Gasteiger partial charge >= 0.3 is 5.97 Å². The zero-order chi connectivity index (χ0) is 12.3. The van der Waals surface area contributed by atoms with E-state index in [9.17, 15) is 4.79 Å². The summed E-state index contributed by atoms with van der Waals surface area (Å²) in [5.41, 5.74) is 7.27. The number of carboxylic acids is 1. The van der Waals surface area contributed by atoms with Crippen LogP contribution >= 0.6 is 0 Å². The highest BCUT2D eigenvalue weighted by Crippen LogP contribution is 2.21. The van der Waals surface area contributed by atoms with Crippen LogP contribution < -0.4 is 11.1 Å². The molecule has 1 unspecified atom stereocenters. The van der Waals surface area contributed by atoms with Gasteiger partial charge in [0.15, 0.2) is 0 Å². The number of benzene rings is 1. The summed E-state index contributed by atoms with van der Waals surface area (Å²) >= 11 is 0. The minimum Gasteiger partial charge on any atom is -0.478 e. The third-order valence-corrected chi connectivity index (χ3v) is 2.91. The van der Waals surface area contributed by atoms with E-state index in [1.807, 2.05) is 0 Å². The molecule has 2 rings (SSSR count). The van der Waals surface area contributed by atoms with Gasteiger partial charge in [0, 0.05) is 19.1 Å². The van der Waals surface area contributed by atoms with Crippen molar-refractivity contribution >= 4 is 17.3 Å². The monoisotopic (exact) mass is 236 g/mol. The van der Waals surface area contributed by atoms with Crippen LogP contribution in [0.3, 0.4) is 0 Å². The van der Waals surface area contributed by atoms with E-state index < -0.39 is 5.97 Å². The summed E-state index contributed by atoms with van der Waals surface area (Å²) in [5, 5.41) is 12.1. The first-order chi connectivity index (χ1) is 8.16. The highest BCUT2D eigenvalue weighted by Gasteiger charge is 2.15. The highest BCUT2D eigenvalue weighted by molar-refractivity contribution is 5.90. The minimum atomic E-state index is -0.947. The van der Waals surface area contributed by atoms with Crippen LogP contribution in [0.5, 0.6) is 0 Å². The van der Waals surface area contributed by atoms with Gasteiger partial charge in [-0.25, -0.2) is 4.79 Å². The number of ether oxygens (including phenoxy) is 1. The Kier molecular flexibility index (Phi) is 3.49. The predicted molar refractivity (Wildman–Crippen MR) is 65.2 cm³/mol. The summed E-state index contributed by atoms with van der Waals surface area (Å²) in [6.07, 6.45) is 1.03. The summed E-state index contributed by atoms with van der Waals surface area (Å²) in [6.45, 7) is 2.32. The first kappa shape index (κ1) is 11.7. The number of nitrogens with one attached hydrogen (secondary N) is 1. The molecule has 92 valence electrons. The van der Waals surface area contributed by atoms with Gasteiger partial charge in [-0.15, -0.1) is 0 Å². The Bertz CT molecular complexity index is 414. The summed E-state index contributed by atoms with van der Waals surface area (Å²) in [4.78, 5) is 10.8. The molecule has 1 aliphatic rings. The zero-order valence-corrected chi connectivity index (χ0v) is 9.48. The SMILES string of the molecule is Nc1ccc(C(=O)O)cc1NCC1CCOC1. The number of nitrogen functional groups attached to an aromatic ring is 1. The second-order valence-corrected chi connectivity index (χ2v) is 4.22. The van der Waals surface area contributed by atoms with Crippen molar-refractivity contribution < 1.29 is 14.6 Å². The molecule has 1 heterocycles. The van der Waals surface area contributed by atoms with Crippen LogP contribution in [-0.2, 0) is 4.74 Å². The molecular formula is C12H16N2O3. The van der Waals surface area contributed by atoms with E-state index in [1.165, 1.54) is 6.07 Å². The van der Waals surface area contributed by atoms with E-state index in [0.717, 1.165) is 26.2 Å². The van der Waals surface area contributed by atoms with Crippen LogP contribution in [0.1, 0.15) is 16.8 Å². The van der Waals surface area contributed by atoms with E-state index in [2.05, 4.69) is 5.32 Å². The molecule has 0 amide bonds. The van der Waals surface area contributed by atoms with E-state index in [1.54, 1.807) is 12.1 Å². The fourth-order valence-corrected chi connectivity index (χ4v) is 1.84. The summed E-state index contributed by atoms with van der Waals surface area (Å²) in [7, 11) is 0. The van der Waals surface area contributed by atoms with Crippen molar-refractivity contribution in [1.82, 2.24) is 0 Å². The first-order valence-corrected chi connectivity index (χ1v) is 5.61. The molecule has 1 aromatic carbocycles. The lowest BCUT2D eigenvalue weighted by molar-refractivity contribution is 0.0697. The lowest BCUT2D eigenvalue weighted by Gasteiger charge is -2.13. The molecule has 1 fully saturated rings. The predicted octanol–water partition coefficient (Wildman–Crippen LogP) is 1.42. The van der Waals surface area contributed by atoms with Gasteiger partial charge in [0.25, 0.3) is 0 Å². The van der Waals surface area contributed by atoms with Gasteiger partial charge in [0.05, 0.1) is 23.5 Å². The van der Waals surface area contributed by atoms with Crippen LogP contribution in [0.15, 0.2) is 18.2 Å². The molecule has 1 saturated heterocycles. The number of carboxylic acid groups (broad SMARTS) is 1. The standard InChI is InChI=1S/C12H16N2O3/c13-10-2-1-9(12(15)16)5-11(10)14-6-8-3-4-17-7-8/h1-2,5,8,14H,3-4,6-7,13H2,(H,15,16). The van der Waals surface area contributed by atoms with E-state index in [0.29, 0.717) is 17.3 Å². The first-order valence-electron chi connectivity index (χ1n) is 5.61. The van der Waals surface area contributed by atoms with Crippen LogP contribution in [0, 0.1) is 5.92 Å². The topological polar surface area (TPSA) is 84.6 Å². The van der Waals surface area contributed by atoms with E-state index >= 15 is 0 Å². The molecule has 0 saturated carbocycles. The van der Waals surface area contributed by atoms with Crippen LogP contribution in [0.25, 0.3) is 0 Å². The molecule has 5 heteroatoms. The molecule has 1 atom stereocenters. The second-order valence-electron chi connectivity index (χ2n) is 4.22. The number of hydrogen-bond donors (Lipinski definition) is 3. The van der Waals surface area contributed by atoms with Crippen molar-refractivity contribution in [3.8, 4) is 0 Å². The largest absolute Gasteiger partial charge is 0.478 e. The van der Waals surface area contributed by atoms with Crippen LogP contribution in [0.4, 0.5) is 11.4 Å². The zero-order valence-electron chi connectivity index (χ0n) is 9.48. The molecule has 0 bridgehead atoms. The van der Waals surface area contributed by atoms with Gasteiger partial charge in [-0.1, -0.05) is 0 Å². The maximum atomic E-state index is 10.8. The fraction of sp³-hybridized carbons (Fsp3) is 0.417. The van der Waals surface area contributed by atoms with Gasteiger partial charge in [-0.2, -0.15) is 0 Å². The third-order valence-electron chi connectivity index (χ3n) is 2.91. The molecule has 4 N–H and O–H groups in total. The molecule has 0 aromatic heterocycles. The van der Waals surface area contributed by atoms with Crippen LogP contribution in [0.2, 0.25) is 0 Å². The number of anilines is 2. The Labute approximate surface area is 99.6 Å². The Morgan fingerprint density at radius 3 is 3.06 bits per heavy atom. The Hall–Kier alpha value is -1.75. The van der Waals surface area contributed by atoms with Crippen molar-refractivity contribution in [3.63, 3.8) is 0 Å². The fourth-order valence-electron chi connectivity index (χ4n) is 1.84. The number of rotatable bonds is 4. The summed E-state index contributed by atoms with van der Waals surface area (Å²) < 4.78 is 5.27. The molecule has 0 spiro atoms. The Balaban J connectivity index is 2.03. The molecule has 5 nitrogen and oxygen atoms in total. The van der Waals surface area contributed by atoms with Crippen LogP contribution in [-0.4, -0.2) is 30.8 Å². The highest BCUT2D eigenvalue weighted by atomic mass is 16.5. The van der Waals surface area contributed by atoms with Gasteiger partial charge in [0.2, 0.25) is 0 Å². The van der Waals surface area contributed by atoms with E-state index in [-0.39, 0.29) is 5.56 Å². The van der Waals surface area contributed by atoms with E-state index in [4.69, 9.17) is 15.6 Å². The average Bonchev–Trinajstić information content (AvgIpc) is 2.80. The Morgan fingerprint density at radius 1 is 1.59 bits per heavy atom. The molecule has 0 radical (unpaired) electrons. The van der Waals surface area contributed by atoms with Gasteiger partial charge in [-0.05, 0) is 24.6 Å². The maximum Gasteiger partial charge on any atom is 0.335 e. The number of hydrogen-bond acceptors (Lipinski definition) is 4. The van der Waals surface area contributed by atoms with Gasteiger partial charge in [-0.3, -0.25) is 0 Å². The quantitative estimate of drug-likeness (QED) is 0.688. The maximum absolute atomic E-state index is 10.8. The minimum absolute atomic E-state index is 0.240. The molecule has 1 aliphatic heterocycles. The smallest absolute Gasteiger partial charge is 0.335 e. The lowest BCUT2D eigenvalue weighted by atomic mass is 10.1. The lowest BCUT2D eigenvalue weighted by Crippen LogP contribution is -2.15. The number of aromatic carboxylic acids is 1. The molecular weight excluding hydrogens is 220 g/mol. The van der Waals surface area contributed by atoms with Gasteiger partial charge < -0.3 is 20.9 Å². The van der Waals surface area contributed by atoms with Gasteiger partial charge in [0.1, 0.15) is 0 Å². The molecule has 1 aromatic rings. The Morgan fingerprint density at radius 2 is 2.41 bits per heavy atom. The van der Waals surface area contributed by atoms with Crippen molar-refractivity contribution in [2.24, 2.45) is 5.92 Å². The number of carbonyl (C=O) groups is 1. The van der Waals surface area contributed by atoms with Crippen molar-refractivity contribution in [2.45, 2.75) is 6.42 Å².